The highest BCUT2D eigenvalue weighted by molar-refractivity contribution is 5.74. The normalized spacial score (nSPS) is 11.8. The molecule has 0 bridgehead atoms. The van der Waals surface area contributed by atoms with E-state index in [1.165, 1.54) is 0 Å². The summed E-state index contributed by atoms with van der Waals surface area (Å²) in [6, 6.07) is 19.3. The second kappa shape index (κ2) is 13.1. The molecule has 0 unspecified atom stereocenters. The van der Waals surface area contributed by atoms with Crippen molar-refractivity contribution < 1.29 is 23.8 Å². The summed E-state index contributed by atoms with van der Waals surface area (Å²) in [5.41, 5.74) is 2.39. The lowest BCUT2D eigenvalue weighted by Crippen LogP contribution is -2.14. The lowest BCUT2D eigenvalue weighted by atomic mass is 10.2. The minimum absolute atomic E-state index is 0.0239. The first-order chi connectivity index (χ1) is 14.2. The van der Waals surface area contributed by atoms with Crippen LogP contribution in [0.3, 0.4) is 0 Å². The molecule has 0 saturated carbocycles. The van der Waals surface area contributed by atoms with Gasteiger partial charge in [-0.25, -0.2) is 4.79 Å². The number of esters is 1. The topological polar surface area (TPSA) is 61.8 Å². The average molecular weight is 394 g/mol. The third kappa shape index (κ3) is 9.04. The van der Waals surface area contributed by atoms with Gasteiger partial charge >= 0.3 is 5.97 Å². The monoisotopic (exact) mass is 394 g/mol. The van der Waals surface area contributed by atoms with Crippen molar-refractivity contribution in [3.63, 3.8) is 0 Å². The largest absolute Gasteiger partial charge is 0.493 e. The molecule has 0 atom stereocenters. The third-order valence-corrected chi connectivity index (χ3v) is 3.98. The highest BCUT2D eigenvalue weighted by Gasteiger charge is 2.05. The van der Waals surface area contributed by atoms with Gasteiger partial charge < -0.3 is 14.2 Å². The van der Waals surface area contributed by atoms with Gasteiger partial charge in [-0.15, -0.1) is 0 Å². The van der Waals surface area contributed by atoms with Crippen molar-refractivity contribution in [2.45, 2.75) is 26.6 Å². The molecule has 0 saturated heterocycles. The number of rotatable bonds is 12. The average Bonchev–Trinajstić information content (AvgIpc) is 2.77. The van der Waals surface area contributed by atoms with Gasteiger partial charge in [0.2, 0.25) is 0 Å². The van der Waals surface area contributed by atoms with E-state index < -0.39 is 5.97 Å². The van der Waals surface area contributed by atoms with Crippen molar-refractivity contribution in [2.24, 2.45) is 0 Å². The van der Waals surface area contributed by atoms with Gasteiger partial charge in [-0.3, -0.25) is 4.79 Å². The van der Waals surface area contributed by atoms with Gasteiger partial charge in [-0.2, -0.15) is 0 Å². The molecule has 2 aromatic rings. The molecule has 0 aromatic heterocycles. The van der Waals surface area contributed by atoms with Gasteiger partial charge in [0.05, 0.1) is 12.4 Å². The van der Waals surface area contributed by atoms with Gasteiger partial charge in [-0.05, 0) is 17.2 Å². The smallest absolute Gasteiger partial charge is 0.332 e. The molecule has 0 fully saturated rings. The van der Waals surface area contributed by atoms with Crippen molar-refractivity contribution >= 4 is 12.3 Å². The number of ether oxygens (including phenoxy) is 3. The van der Waals surface area contributed by atoms with E-state index in [4.69, 9.17) is 14.2 Å². The predicted octanol–water partition coefficient (Wildman–Crippen LogP) is 4.38. The molecule has 2 rings (SSSR count). The summed E-state index contributed by atoms with van der Waals surface area (Å²) in [6.45, 7) is 2.45. The standard InChI is InChI=1S/C24H26O5/c1-2-23(28-17-20-9-5-3-6-10-20)14-13-22(15-25)16-27-19-24(26)29-18-21-11-7-4-8-12-21/h3-15H,2,16-19H2,1H3/b22-13-,23-14+. The quantitative estimate of drug-likeness (QED) is 0.176. The van der Waals surface area contributed by atoms with E-state index in [-0.39, 0.29) is 19.8 Å². The van der Waals surface area contributed by atoms with Crippen LogP contribution in [-0.2, 0) is 37.0 Å². The zero-order valence-electron chi connectivity index (χ0n) is 16.6. The molecular weight excluding hydrogens is 368 g/mol. The van der Waals surface area contributed by atoms with Crippen molar-refractivity contribution in [3.8, 4) is 0 Å². The Morgan fingerprint density at radius 2 is 1.41 bits per heavy atom. The summed E-state index contributed by atoms with van der Waals surface area (Å²) in [6.07, 6.45) is 4.80. The minimum Gasteiger partial charge on any atom is -0.493 e. The zero-order valence-corrected chi connectivity index (χ0v) is 16.6. The van der Waals surface area contributed by atoms with E-state index in [9.17, 15) is 9.59 Å². The molecule has 0 amide bonds. The summed E-state index contributed by atoms with van der Waals surface area (Å²) in [5.74, 6) is 0.283. The van der Waals surface area contributed by atoms with Gasteiger partial charge in [0.15, 0.2) is 0 Å². The second-order valence-corrected chi connectivity index (χ2v) is 6.26. The number of aldehydes is 1. The maximum Gasteiger partial charge on any atom is 0.332 e. The van der Waals surface area contributed by atoms with Crippen molar-refractivity contribution in [1.82, 2.24) is 0 Å². The molecule has 5 heteroatoms. The summed E-state index contributed by atoms with van der Waals surface area (Å²) >= 11 is 0. The van der Waals surface area contributed by atoms with E-state index >= 15 is 0 Å². The number of benzene rings is 2. The minimum atomic E-state index is -0.477. The predicted molar refractivity (Wildman–Crippen MR) is 111 cm³/mol. The fraction of sp³-hybridized carbons (Fsp3) is 0.250. The first-order valence-corrected chi connectivity index (χ1v) is 9.50. The Labute approximate surface area is 171 Å². The SMILES string of the molecule is CC/C(=C\C=C(\C=O)COCC(=O)OCc1ccccc1)OCc1ccccc1. The van der Waals surface area contributed by atoms with Gasteiger partial charge in [0.25, 0.3) is 0 Å². The van der Waals surface area contributed by atoms with Gasteiger partial charge in [-0.1, -0.05) is 73.7 Å². The second-order valence-electron chi connectivity index (χ2n) is 6.26. The maximum atomic E-state index is 11.7. The van der Waals surface area contributed by atoms with Crippen LogP contribution in [0.1, 0.15) is 24.5 Å². The van der Waals surface area contributed by atoms with E-state index in [1.54, 1.807) is 12.2 Å². The van der Waals surface area contributed by atoms with Crippen LogP contribution in [0, 0.1) is 0 Å². The number of hydrogen-bond donors (Lipinski definition) is 0. The summed E-state index contributed by atoms with van der Waals surface area (Å²) in [7, 11) is 0. The van der Waals surface area contributed by atoms with Crippen LogP contribution < -0.4 is 0 Å². The Balaban J connectivity index is 1.75. The fourth-order valence-electron chi connectivity index (χ4n) is 2.37. The van der Waals surface area contributed by atoms with Crippen LogP contribution in [0.15, 0.2) is 84.1 Å². The number of carbonyl (C=O) groups excluding carboxylic acids is 2. The molecule has 0 N–H and O–H groups in total. The van der Waals surface area contributed by atoms with Crippen LogP contribution in [0.2, 0.25) is 0 Å². The number of allylic oxidation sites excluding steroid dienone is 3. The van der Waals surface area contributed by atoms with Crippen molar-refractivity contribution in [1.29, 1.82) is 0 Å². The number of hydrogen-bond acceptors (Lipinski definition) is 5. The van der Waals surface area contributed by atoms with Crippen LogP contribution >= 0.6 is 0 Å². The molecule has 0 aliphatic heterocycles. The molecule has 29 heavy (non-hydrogen) atoms. The lowest BCUT2D eigenvalue weighted by molar-refractivity contribution is -0.150. The van der Waals surface area contributed by atoms with Crippen molar-refractivity contribution in [2.75, 3.05) is 13.2 Å². The Morgan fingerprint density at radius 1 is 0.828 bits per heavy atom. The molecule has 0 aliphatic rings. The van der Waals surface area contributed by atoms with Crippen LogP contribution in [0.25, 0.3) is 0 Å². The Hall–Kier alpha value is -3.18. The van der Waals surface area contributed by atoms with Crippen LogP contribution in [0.5, 0.6) is 0 Å². The third-order valence-electron chi connectivity index (χ3n) is 3.98. The van der Waals surface area contributed by atoms with E-state index in [2.05, 4.69) is 0 Å². The summed E-state index contributed by atoms with van der Waals surface area (Å²) < 4.78 is 16.2. The molecule has 5 nitrogen and oxygen atoms in total. The molecule has 0 aliphatic carbocycles. The Morgan fingerprint density at radius 3 is 1.97 bits per heavy atom. The van der Waals surface area contributed by atoms with E-state index in [0.29, 0.717) is 24.9 Å². The summed E-state index contributed by atoms with van der Waals surface area (Å²) in [4.78, 5) is 23.0. The van der Waals surface area contributed by atoms with Crippen LogP contribution in [-0.4, -0.2) is 25.5 Å². The van der Waals surface area contributed by atoms with Crippen LogP contribution in [0.4, 0.5) is 0 Å². The van der Waals surface area contributed by atoms with E-state index in [0.717, 1.165) is 16.9 Å². The van der Waals surface area contributed by atoms with Crippen molar-refractivity contribution in [3.05, 3.63) is 95.3 Å². The van der Waals surface area contributed by atoms with Gasteiger partial charge in [0, 0.05) is 12.0 Å². The Kier molecular flexibility index (Phi) is 9.97. The first-order valence-electron chi connectivity index (χ1n) is 9.50. The Bertz CT molecular complexity index is 810. The fourth-order valence-corrected chi connectivity index (χ4v) is 2.37. The zero-order chi connectivity index (χ0) is 20.7. The molecule has 152 valence electrons. The van der Waals surface area contributed by atoms with E-state index in [1.807, 2.05) is 67.6 Å². The maximum absolute atomic E-state index is 11.7. The van der Waals surface area contributed by atoms with Gasteiger partial charge in [0.1, 0.15) is 26.1 Å². The lowest BCUT2D eigenvalue weighted by Gasteiger charge is -2.08. The highest BCUT2D eigenvalue weighted by atomic mass is 16.6. The first kappa shape index (κ1) is 22.1. The summed E-state index contributed by atoms with van der Waals surface area (Å²) in [5, 5.41) is 0. The molecule has 0 spiro atoms. The molecule has 2 aromatic carbocycles. The molecule has 0 heterocycles. The molecular formula is C24H26O5. The highest BCUT2D eigenvalue weighted by Crippen LogP contribution is 2.10. The molecule has 0 radical (unpaired) electrons. The number of carbonyl (C=O) groups is 2.